The van der Waals surface area contributed by atoms with Gasteiger partial charge in [0, 0.05) is 39.6 Å². The molecule has 1 aromatic rings. The molecule has 1 atom stereocenters. The number of aliphatic carboxylic acids is 1. The fourth-order valence-electron chi connectivity index (χ4n) is 2.92. The van der Waals surface area contributed by atoms with Crippen LogP contribution in [0.4, 0.5) is 0 Å². The topological polar surface area (TPSA) is 113 Å². The van der Waals surface area contributed by atoms with Gasteiger partial charge in [0.05, 0.1) is 4.90 Å². The highest BCUT2D eigenvalue weighted by molar-refractivity contribution is 7.89. The maximum absolute atomic E-state index is 12.5. The Hall–Kier alpha value is -1.97. The smallest absolute Gasteiger partial charge is 0.326 e. The molecule has 2 rings (SSSR count). The van der Waals surface area contributed by atoms with Crippen LogP contribution in [0.2, 0.25) is 0 Å². The zero-order valence-electron chi connectivity index (χ0n) is 15.4. The second kappa shape index (κ2) is 9.82. The number of rotatable bonds is 10. The highest BCUT2D eigenvalue weighted by Crippen LogP contribution is 2.21. The molecule has 1 unspecified atom stereocenters. The van der Waals surface area contributed by atoms with Crippen molar-refractivity contribution in [1.82, 2.24) is 9.62 Å². The Morgan fingerprint density at radius 1 is 1.22 bits per heavy atom. The first-order valence-corrected chi connectivity index (χ1v) is 10.4. The molecule has 1 aliphatic rings. The van der Waals surface area contributed by atoms with Gasteiger partial charge in [0.2, 0.25) is 15.9 Å². The normalized spacial score (nSPS) is 16.2. The van der Waals surface area contributed by atoms with Gasteiger partial charge < -0.3 is 15.2 Å². The quantitative estimate of drug-likeness (QED) is 0.608. The zero-order chi connectivity index (χ0) is 19.9. The number of sulfonamides is 1. The van der Waals surface area contributed by atoms with E-state index in [4.69, 9.17) is 9.84 Å². The van der Waals surface area contributed by atoms with Crippen molar-refractivity contribution in [3.63, 3.8) is 0 Å². The van der Waals surface area contributed by atoms with Crippen molar-refractivity contribution < 1.29 is 27.9 Å². The number of benzene rings is 1. The molecule has 0 spiro atoms. The Labute approximate surface area is 159 Å². The van der Waals surface area contributed by atoms with Crippen LogP contribution in [0.5, 0.6) is 0 Å². The van der Waals surface area contributed by atoms with E-state index in [1.165, 1.54) is 11.4 Å². The van der Waals surface area contributed by atoms with E-state index in [0.717, 1.165) is 18.4 Å². The van der Waals surface area contributed by atoms with Crippen LogP contribution in [0.15, 0.2) is 29.2 Å². The molecular formula is C18H26N2O6S. The molecule has 0 radical (unpaired) electrons. The van der Waals surface area contributed by atoms with Crippen LogP contribution in [0.1, 0.15) is 31.2 Å². The zero-order valence-corrected chi connectivity index (χ0v) is 16.2. The number of hydrogen-bond acceptors (Lipinski definition) is 5. The van der Waals surface area contributed by atoms with Crippen molar-refractivity contribution in [2.75, 3.05) is 26.8 Å². The van der Waals surface area contributed by atoms with Gasteiger partial charge in [0.15, 0.2) is 0 Å². The van der Waals surface area contributed by atoms with Crippen molar-refractivity contribution in [1.29, 1.82) is 0 Å². The number of carboxylic acids is 1. The lowest BCUT2D eigenvalue weighted by molar-refractivity contribution is -0.142. The maximum atomic E-state index is 12.5. The lowest BCUT2D eigenvalue weighted by Crippen LogP contribution is -2.41. The van der Waals surface area contributed by atoms with Gasteiger partial charge in [-0.05, 0) is 37.0 Å². The van der Waals surface area contributed by atoms with E-state index in [9.17, 15) is 18.0 Å². The maximum Gasteiger partial charge on any atom is 0.326 e. The summed E-state index contributed by atoms with van der Waals surface area (Å²) in [6, 6.07) is 5.51. The minimum atomic E-state index is -3.44. The van der Waals surface area contributed by atoms with Gasteiger partial charge in [-0.1, -0.05) is 12.1 Å². The third kappa shape index (κ3) is 6.02. The number of hydrogen-bond donors (Lipinski definition) is 2. The minimum absolute atomic E-state index is 0.120. The summed E-state index contributed by atoms with van der Waals surface area (Å²) in [7, 11) is -1.98. The van der Waals surface area contributed by atoms with Gasteiger partial charge in [0.25, 0.3) is 0 Å². The van der Waals surface area contributed by atoms with E-state index in [1.54, 1.807) is 24.3 Å². The van der Waals surface area contributed by atoms with Crippen LogP contribution in [-0.2, 0) is 30.8 Å². The van der Waals surface area contributed by atoms with Crippen LogP contribution in [-0.4, -0.2) is 62.6 Å². The molecule has 0 aliphatic carbocycles. The number of aryl methyl sites for hydroxylation is 1. The molecule has 1 heterocycles. The second-order valence-electron chi connectivity index (χ2n) is 6.49. The molecule has 2 N–H and O–H groups in total. The highest BCUT2D eigenvalue weighted by atomic mass is 32.2. The van der Waals surface area contributed by atoms with Gasteiger partial charge in [-0.2, -0.15) is 4.31 Å². The SMILES string of the molecule is COCCC(NC(=O)CCc1ccc(S(=O)(=O)N2CCCC2)cc1)C(=O)O. The molecule has 1 fully saturated rings. The fraction of sp³-hybridized carbons (Fsp3) is 0.556. The Kier molecular flexibility index (Phi) is 7.76. The van der Waals surface area contributed by atoms with Gasteiger partial charge in [-0.25, -0.2) is 13.2 Å². The van der Waals surface area contributed by atoms with E-state index in [-0.39, 0.29) is 30.3 Å². The van der Waals surface area contributed by atoms with Crippen molar-refractivity contribution in [2.24, 2.45) is 0 Å². The van der Waals surface area contributed by atoms with E-state index in [2.05, 4.69) is 5.32 Å². The first-order valence-electron chi connectivity index (χ1n) is 8.95. The monoisotopic (exact) mass is 398 g/mol. The molecule has 1 aliphatic heterocycles. The predicted molar refractivity (Wildman–Crippen MR) is 98.8 cm³/mol. The average Bonchev–Trinajstić information content (AvgIpc) is 3.19. The van der Waals surface area contributed by atoms with Gasteiger partial charge in [-0.3, -0.25) is 4.79 Å². The van der Waals surface area contributed by atoms with E-state index in [0.29, 0.717) is 19.5 Å². The summed E-state index contributed by atoms with van der Waals surface area (Å²) in [5.41, 5.74) is 0.814. The number of carboxylic acid groups (broad SMARTS) is 1. The molecule has 0 aromatic heterocycles. The molecule has 0 bridgehead atoms. The lowest BCUT2D eigenvalue weighted by atomic mass is 10.1. The number of nitrogens with one attached hydrogen (secondary N) is 1. The number of carbonyl (C=O) groups is 2. The number of amides is 1. The predicted octanol–water partition coefficient (Wildman–Crippen LogP) is 1.01. The first-order chi connectivity index (χ1) is 12.8. The van der Waals surface area contributed by atoms with Crippen LogP contribution in [0.25, 0.3) is 0 Å². The molecule has 0 saturated carbocycles. The summed E-state index contributed by atoms with van der Waals surface area (Å²) < 4.78 is 31.3. The van der Waals surface area contributed by atoms with Crippen LogP contribution in [0, 0.1) is 0 Å². The third-order valence-electron chi connectivity index (χ3n) is 4.51. The average molecular weight is 398 g/mol. The third-order valence-corrected chi connectivity index (χ3v) is 6.42. The summed E-state index contributed by atoms with van der Waals surface area (Å²) in [5, 5.41) is 11.6. The fourth-order valence-corrected chi connectivity index (χ4v) is 4.44. The van der Waals surface area contributed by atoms with E-state index >= 15 is 0 Å². The van der Waals surface area contributed by atoms with Crippen molar-refractivity contribution in [3.8, 4) is 0 Å². The van der Waals surface area contributed by atoms with Gasteiger partial charge >= 0.3 is 5.97 Å². The molecule has 150 valence electrons. The Balaban J connectivity index is 1.89. The molecule has 27 heavy (non-hydrogen) atoms. The van der Waals surface area contributed by atoms with Gasteiger partial charge in [-0.15, -0.1) is 0 Å². The summed E-state index contributed by atoms with van der Waals surface area (Å²) >= 11 is 0. The second-order valence-corrected chi connectivity index (χ2v) is 8.43. The van der Waals surface area contributed by atoms with Crippen LogP contribution in [0.3, 0.4) is 0 Å². The molecule has 1 saturated heterocycles. The molecule has 9 heteroatoms. The summed E-state index contributed by atoms with van der Waals surface area (Å²) in [6.07, 6.45) is 2.48. The highest BCUT2D eigenvalue weighted by Gasteiger charge is 2.27. The van der Waals surface area contributed by atoms with E-state index < -0.39 is 22.0 Å². The standard InChI is InChI=1S/C18H26N2O6S/c1-26-13-10-16(18(22)23)19-17(21)9-6-14-4-7-15(8-5-14)27(24,25)20-11-2-3-12-20/h4-5,7-8,16H,2-3,6,9-13H2,1H3,(H,19,21)(H,22,23). The van der Waals surface area contributed by atoms with Crippen LogP contribution < -0.4 is 5.32 Å². The Morgan fingerprint density at radius 2 is 1.85 bits per heavy atom. The number of carbonyl (C=O) groups excluding carboxylic acids is 1. The van der Waals surface area contributed by atoms with E-state index in [1.807, 2.05) is 0 Å². The lowest BCUT2D eigenvalue weighted by Gasteiger charge is -2.16. The Morgan fingerprint density at radius 3 is 2.41 bits per heavy atom. The van der Waals surface area contributed by atoms with Crippen molar-refractivity contribution in [3.05, 3.63) is 29.8 Å². The number of ether oxygens (including phenoxy) is 1. The summed E-state index contributed by atoms with van der Waals surface area (Å²) in [4.78, 5) is 23.4. The summed E-state index contributed by atoms with van der Waals surface area (Å²) in [6.45, 7) is 1.35. The molecule has 1 aromatic carbocycles. The van der Waals surface area contributed by atoms with Crippen LogP contribution >= 0.6 is 0 Å². The number of methoxy groups -OCH3 is 1. The largest absolute Gasteiger partial charge is 0.480 e. The number of nitrogens with zero attached hydrogens (tertiary/aromatic N) is 1. The first kappa shape index (κ1) is 21.3. The molecular weight excluding hydrogens is 372 g/mol. The minimum Gasteiger partial charge on any atom is -0.480 e. The summed E-state index contributed by atoms with van der Waals surface area (Å²) in [5.74, 6) is -1.47. The van der Waals surface area contributed by atoms with Crippen molar-refractivity contribution in [2.45, 2.75) is 43.0 Å². The van der Waals surface area contributed by atoms with Crippen molar-refractivity contribution >= 4 is 21.9 Å². The Bertz CT molecular complexity index is 742. The van der Waals surface area contributed by atoms with Gasteiger partial charge in [0.1, 0.15) is 6.04 Å². The molecule has 1 amide bonds. The molecule has 8 nitrogen and oxygen atoms in total.